The Morgan fingerprint density at radius 1 is 1.10 bits per heavy atom. The molecule has 1 heterocycles. The average molecular weight is 280 g/mol. The summed E-state index contributed by atoms with van der Waals surface area (Å²) in [6.45, 7) is 4.88. The first-order chi connectivity index (χ1) is 10.3. The number of rotatable bonds is 5. The van der Waals surface area contributed by atoms with Crippen LogP contribution < -0.4 is 4.74 Å². The number of benzene rings is 2. The summed E-state index contributed by atoms with van der Waals surface area (Å²) < 4.78 is 11.6. The van der Waals surface area contributed by atoms with E-state index in [2.05, 4.69) is 32.0 Å². The lowest BCUT2D eigenvalue weighted by Gasteiger charge is -2.08. The zero-order valence-electron chi connectivity index (χ0n) is 12.6. The molecule has 2 nitrogen and oxygen atoms in total. The summed E-state index contributed by atoms with van der Waals surface area (Å²) in [4.78, 5) is 0. The molecule has 0 unspecified atom stereocenters. The van der Waals surface area contributed by atoms with E-state index in [1.165, 1.54) is 22.1 Å². The molecule has 0 fully saturated rings. The highest BCUT2D eigenvalue weighted by atomic mass is 16.5. The Kier molecular flexibility index (Phi) is 3.96. The van der Waals surface area contributed by atoms with Crippen molar-refractivity contribution in [2.75, 3.05) is 0 Å². The van der Waals surface area contributed by atoms with Gasteiger partial charge in [-0.05, 0) is 36.1 Å². The quantitative estimate of drug-likeness (QED) is 0.635. The molecule has 0 N–H and O–H groups in total. The van der Waals surface area contributed by atoms with Crippen LogP contribution >= 0.6 is 0 Å². The van der Waals surface area contributed by atoms with Gasteiger partial charge in [0.15, 0.2) is 0 Å². The van der Waals surface area contributed by atoms with Crippen LogP contribution in [0, 0.1) is 6.92 Å². The number of hydrogen-bond acceptors (Lipinski definition) is 2. The molecule has 2 aromatic carbocycles. The van der Waals surface area contributed by atoms with Crippen molar-refractivity contribution in [3.8, 4) is 5.75 Å². The Morgan fingerprint density at radius 2 is 1.90 bits per heavy atom. The van der Waals surface area contributed by atoms with Crippen LogP contribution in [0.5, 0.6) is 5.75 Å². The standard InChI is InChI=1S/C19H20O2/c1-3-7-16-13-21-18-11-17(10-14(2)19(16)18)20-12-15-8-5-4-6-9-15/h4-6,8-11,13H,3,7,12H2,1-2H3. The largest absolute Gasteiger partial charge is 0.489 e. The van der Waals surface area contributed by atoms with E-state index in [9.17, 15) is 0 Å². The summed E-state index contributed by atoms with van der Waals surface area (Å²) in [6.07, 6.45) is 4.06. The molecule has 2 heteroatoms. The van der Waals surface area contributed by atoms with E-state index in [1.807, 2.05) is 30.5 Å². The molecule has 0 radical (unpaired) electrons. The van der Waals surface area contributed by atoms with Crippen molar-refractivity contribution < 1.29 is 9.15 Å². The summed E-state index contributed by atoms with van der Waals surface area (Å²) in [6, 6.07) is 14.3. The highest BCUT2D eigenvalue weighted by molar-refractivity contribution is 5.85. The Labute approximate surface area is 125 Å². The molecule has 0 amide bonds. The molecule has 0 saturated heterocycles. The van der Waals surface area contributed by atoms with Crippen molar-refractivity contribution in [3.63, 3.8) is 0 Å². The molecular formula is C19H20O2. The van der Waals surface area contributed by atoms with E-state index in [-0.39, 0.29) is 0 Å². The second-order valence-electron chi connectivity index (χ2n) is 5.40. The normalized spacial score (nSPS) is 11.0. The molecule has 0 aliphatic rings. The monoisotopic (exact) mass is 280 g/mol. The zero-order valence-corrected chi connectivity index (χ0v) is 12.6. The molecular weight excluding hydrogens is 260 g/mol. The minimum atomic E-state index is 0.578. The second-order valence-corrected chi connectivity index (χ2v) is 5.40. The lowest BCUT2D eigenvalue weighted by atomic mass is 10.0. The van der Waals surface area contributed by atoms with Gasteiger partial charge in [-0.25, -0.2) is 0 Å². The Morgan fingerprint density at radius 3 is 2.67 bits per heavy atom. The van der Waals surface area contributed by atoms with E-state index in [4.69, 9.17) is 9.15 Å². The fraction of sp³-hybridized carbons (Fsp3) is 0.263. The molecule has 0 spiro atoms. The number of ether oxygens (including phenoxy) is 1. The maximum absolute atomic E-state index is 5.89. The van der Waals surface area contributed by atoms with Crippen LogP contribution in [-0.4, -0.2) is 0 Å². The third-order valence-electron chi connectivity index (χ3n) is 3.69. The fourth-order valence-corrected chi connectivity index (χ4v) is 2.70. The minimum Gasteiger partial charge on any atom is -0.489 e. The highest BCUT2D eigenvalue weighted by Gasteiger charge is 2.10. The lowest BCUT2D eigenvalue weighted by Crippen LogP contribution is -1.95. The van der Waals surface area contributed by atoms with Gasteiger partial charge in [-0.15, -0.1) is 0 Å². The first-order valence-corrected chi connectivity index (χ1v) is 7.45. The summed E-state index contributed by atoms with van der Waals surface area (Å²) in [7, 11) is 0. The van der Waals surface area contributed by atoms with Gasteiger partial charge in [0.25, 0.3) is 0 Å². The van der Waals surface area contributed by atoms with Gasteiger partial charge in [0, 0.05) is 11.5 Å². The fourth-order valence-electron chi connectivity index (χ4n) is 2.70. The molecule has 108 valence electrons. The van der Waals surface area contributed by atoms with Gasteiger partial charge in [-0.1, -0.05) is 43.7 Å². The van der Waals surface area contributed by atoms with Gasteiger partial charge in [-0.3, -0.25) is 0 Å². The predicted molar refractivity (Wildman–Crippen MR) is 85.7 cm³/mol. The SMILES string of the molecule is CCCc1coc2cc(OCc3ccccc3)cc(C)c12. The number of fused-ring (bicyclic) bond motifs is 1. The van der Waals surface area contributed by atoms with Crippen LogP contribution in [0.3, 0.4) is 0 Å². The van der Waals surface area contributed by atoms with E-state index >= 15 is 0 Å². The smallest absolute Gasteiger partial charge is 0.138 e. The summed E-state index contributed by atoms with van der Waals surface area (Å²) in [5, 5.41) is 1.24. The van der Waals surface area contributed by atoms with Gasteiger partial charge >= 0.3 is 0 Å². The van der Waals surface area contributed by atoms with Crippen molar-refractivity contribution >= 4 is 11.0 Å². The van der Waals surface area contributed by atoms with Crippen LogP contribution in [0.4, 0.5) is 0 Å². The summed E-state index contributed by atoms with van der Waals surface area (Å²) in [5.74, 6) is 0.862. The van der Waals surface area contributed by atoms with Crippen molar-refractivity contribution in [2.45, 2.75) is 33.3 Å². The molecule has 3 aromatic rings. The van der Waals surface area contributed by atoms with Crippen molar-refractivity contribution in [3.05, 3.63) is 65.4 Å². The van der Waals surface area contributed by atoms with Crippen molar-refractivity contribution in [1.29, 1.82) is 0 Å². The van der Waals surface area contributed by atoms with E-state index in [0.29, 0.717) is 6.61 Å². The average Bonchev–Trinajstić information content (AvgIpc) is 2.90. The Bertz CT molecular complexity index is 726. The highest BCUT2D eigenvalue weighted by Crippen LogP contribution is 2.30. The first kappa shape index (κ1) is 13.7. The summed E-state index contributed by atoms with van der Waals surface area (Å²) in [5.41, 5.74) is 4.59. The number of aryl methyl sites for hydroxylation is 2. The summed E-state index contributed by atoms with van der Waals surface area (Å²) >= 11 is 0. The van der Waals surface area contributed by atoms with E-state index in [1.54, 1.807) is 0 Å². The van der Waals surface area contributed by atoms with Gasteiger partial charge in [0.05, 0.1) is 6.26 Å². The van der Waals surface area contributed by atoms with Crippen LogP contribution in [0.25, 0.3) is 11.0 Å². The van der Waals surface area contributed by atoms with Crippen LogP contribution in [-0.2, 0) is 13.0 Å². The Balaban J connectivity index is 1.84. The topological polar surface area (TPSA) is 22.4 Å². The molecule has 21 heavy (non-hydrogen) atoms. The molecule has 0 saturated carbocycles. The van der Waals surface area contributed by atoms with Crippen LogP contribution in [0.15, 0.2) is 53.1 Å². The maximum atomic E-state index is 5.89. The zero-order chi connectivity index (χ0) is 14.7. The van der Waals surface area contributed by atoms with Crippen molar-refractivity contribution in [1.82, 2.24) is 0 Å². The lowest BCUT2D eigenvalue weighted by molar-refractivity contribution is 0.306. The van der Waals surface area contributed by atoms with E-state index < -0.39 is 0 Å². The first-order valence-electron chi connectivity index (χ1n) is 7.45. The predicted octanol–water partition coefficient (Wildman–Crippen LogP) is 5.27. The van der Waals surface area contributed by atoms with E-state index in [0.717, 1.165) is 24.2 Å². The Hall–Kier alpha value is -2.22. The molecule has 0 aliphatic carbocycles. The van der Waals surface area contributed by atoms with Gasteiger partial charge in [0.1, 0.15) is 17.9 Å². The molecule has 0 bridgehead atoms. The molecule has 0 atom stereocenters. The van der Waals surface area contributed by atoms with Crippen LogP contribution in [0.1, 0.15) is 30.0 Å². The van der Waals surface area contributed by atoms with Gasteiger partial charge < -0.3 is 9.15 Å². The minimum absolute atomic E-state index is 0.578. The number of furan rings is 1. The third-order valence-corrected chi connectivity index (χ3v) is 3.69. The van der Waals surface area contributed by atoms with Crippen LogP contribution in [0.2, 0.25) is 0 Å². The number of hydrogen-bond donors (Lipinski definition) is 0. The molecule has 0 aliphatic heterocycles. The molecule has 1 aromatic heterocycles. The van der Waals surface area contributed by atoms with Gasteiger partial charge in [0.2, 0.25) is 0 Å². The third kappa shape index (κ3) is 2.94. The maximum Gasteiger partial charge on any atom is 0.138 e. The molecule has 3 rings (SSSR count). The van der Waals surface area contributed by atoms with Crippen molar-refractivity contribution in [2.24, 2.45) is 0 Å². The van der Waals surface area contributed by atoms with Gasteiger partial charge in [-0.2, -0.15) is 0 Å². The second kappa shape index (κ2) is 6.04.